The summed E-state index contributed by atoms with van der Waals surface area (Å²) in [5.74, 6) is 0.770. The van der Waals surface area contributed by atoms with E-state index in [9.17, 15) is 4.57 Å². The average molecular weight is 406 g/mol. The van der Waals surface area contributed by atoms with Gasteiger partial charge in [-0.3, -0.25) is 4.57 Å². The third-order valence-corrected chi connectivity index (χ3v) is 5.51. The second kappa shape index (κ2) is 8.58. The van der Waals surface area contributed by atoms with Crippen molar-refractivity contribution in [3.05, 3.63) is 12.7 Å². The summed E-state index contributed by atoms with van der Waals surface area (Å²) in [7, 11) is 0.458. The van der Waals surface area contributed by atoms with E-state index < -0.39 is 20.6 Å². The molecular formula is C12H17N5O5PS2+. The fourth-order valence-corrected chi connectivity index (χ4v) is 3.63. The van der Waals surface area contributed by atoms with Crippen molar-refractivity contribution in [2.24, 2.45) is 0 Å². The predicted octanol–water partition coefficient (Wildman–Crippen LogP) is 1.72. The lowest BCUT2D eigenvalue weighted by molar-refractivity contribution is -0.0486. The molecule has 10 nitrogen and oxygen atoms in total. The molecule has 0 amide bonds. The first kappa shape index (κ1) is 18.8. The van der Waals surface area contributed by atoms with Gasteiger partial charge in [0.15, 0.2) is 11.5 Å². The van der Waals surface area contributed by atoms with Gasteiger partial charge in [0.2, 0.25) is 0 Å². The van der Waals surface area contributed by atoms with Crippen LogP contribution in [-0.4, -0.2) is 55.4 Å². The van der Waals surface area contributed by atoms with Gasteiger partial charge in [-0.2, -0.15) is 0 Å². The van der Waals surface area contributed by atoms with Gasteiger partial charge >= 0.3 is 8.25 Å². The number of anilines is 1. The van der Waals surface area contributed by atoms with E-state index >= 15 is 0 Å². The molecule has 3 N–H and O–H groups in total. The Bertz CT molecular complexity index is 750. The van der Waals surface area contributed by atoms with Crippen molar-refractivity contribution < 1.29 is 23.5 Å². The largest absolute Gasteiger partial charge is 0.694 e. The van der Waals surface area contributed by atoms with Crippen LogP contribution < -0.4 is 5.73 Å². The standard InChI is InChI=1S/C12H16N5O5PS2/c1-24-25-6-20-7-2-9(22-8(7)3-21-23(18)19)17-5-16-10-11(13)14-4-15-12(10)17/h4-5,7-9H,2-3,6H2,1H3,(H2-,13,14,15,18,19)/p+1/t7?,8-,9-/m1/s1. The zero-order valence-corrected chi connectivity index (χ0v) is 15.7. The molecule has 1 aliphatic heterocycles. The first-order valence-electron chi connectivity index (χ1n) is 7.25. The Labute approximate surface area is 152 Å². The predicted molar refractivity (Wildman–Crippen MR) is 94.9 cm³/mol. The molecule has 2 aromatic heterocycles. The maximum absolute atomic E-state index is 10.8. The minimum absolute atomic E-state index is 0.0411. The molecule has 4 atom stereocenters. The van der Waals surface area contributed by atoms with Crippen molar-refractivity contribution in [2.75, 3.05) is 24.5 Å². The highest BCUT2D eigenvalue weighted by molar-refractivity contribution is 8.76. The van der Waals surface area contributed by atoms with Crippen LogP contribution in [0.5, 0.6) is 0 Å². The molecule has 13 heteroatoms. The van der Waals surface area contributed by atoms with Gasteiger partial charge in [0.1, 0.15) is 36.7 Å². The monoisotopic (exact) mass is 406 g/mol. The number of hydrogen-bond donors (Lipinski definition) is 2. The maximum Gasteiger partial charge on any atom is 0.694 e. The fourth-order valence-electron chi connectivity index (χ4n) is 2.58. The van der Waals surface area contributed by atoms with Crippen LogP contribution in [0.3, 0.4) is 0 Å². The Kier molecular flexibility index (Phi) is 6.44. The summed E-state index contributed by atoms with van der Waals surface area (Å²) in [4.78, 5) is 21.2. The second-order valence-corrected chi connectivity index (χ2v) is 8.33. The lowest BCUT2D eigenvalue weighted by Gasteiger charge is -2.15. The second-order valence-electron chi connectivity index (χ2n) is 5.09. The van der Waals surface area contributed by atoms with E-state index in [0.29, 0.717) is 29.3 Å². The highest BCUT2D eigenvalue weighted by Gasteiger charge is 2.39. The van der Waals surface area contributed by atoms with Crippen LogP contribution in [0.2, 0.25) is 0 Å². The molecule has 0 radical (unpaired) electrons. The molecule has 0 aliphatic carbocycles. The third-order valence-electron chi connectivity index (χ3n) is 3.68. The third kappa shape index (κ3) is 4.40. The summed E-state index contributed by atoms with van der Waals surface area (Å²) in [5, 5.41) is 0. The smallest absolute Gasteiger partial charge is 0.382 e. The molecule has 3 rings (SSSR count). The number of rotatable bonds is 8. The normalized spacial score (nSPS) is 24.1. The van der Waals surface area contributed by atoms with Crippen molar-refractivity contribution >= 4 is 46.8 Å². The van der Waals surface area contributed by atoms with E-state index in [1.807, 2.05) is 6.26 Å². The van der Waals surface area contributed by atoms with Gasteiger partial charge < -0.3 is 15.2 Å². The Morgan fingerprint density at radius 2 is 2.36 bits per heavy atom. The number of nitrogens with two attached hydrogens (primary N) is 1. The number of nitrogens with zero attached hydrogens (tertiary/aromatic N) is 4. The summed E-state index contributed by atoms with van der Waals surface area (Å²) >= 11 is 0. The van der Waals surface area contributed by atoms with Gasteiger partial charge in [0, 0.05) is 11.0 Å². The Morgan fingerprint density at radius 3 is 3.12 bits per heavy atom. The molecule has 1 aliphatic rings. The molecule has 1 fully saturated rings. The zero-order valence-electron chi connectivity index (χ0n) is 13.2. The van der Waals surface area contributed by atoms with Gasteiger partial charge in [-0.25, -0.2) is 15.0 Å². The van der Waals surface area contributed by atoms with Crippen LogP contribution >= 0.6 is 29.8 Å². The molecule has 136 valence electrons. The summed E-state index contributed by atoms with van der Waals surface area (Å²) in [5.41, 5.74) is 6.87. The van der Waals surface area contributed by atoms with E-state index in [1.54, 1.807) is 32.5 Å². The van der Waals surface area contributed by atoms with E-state index in [2.05, 4.69) is 15.0 Å². The van der Waals surface area contributed by atoms with Crippen LogP contribution in [0.15, 0.2) is 12.7 Å². The molecule has 2 aromatic rings. The van der Waals surface area contributed by atoms with Gasteiger partial charge in [0.25, 0.3) is 0 Å². The number of ether oxygens (including phenoxy) is 2. The number of imidazole rings is 1. The van der Waals surface area contributed by atoms with Crippen molar-refractivity contribution in [3.8, 4) is 0 Å². The van der Waals surface area contributed by atoms with Gasteiger partial charge in [-0.05, 0) is 6.26 Å². The summed E-state index contributed by atoms with van der Waals surface area (Å²) in [6, 6.07) is 0. The van der Waals surface area contributed by atoms with Crippen LogP contribution in [0.25, 0.3) is 11.2 Å². The van der Waals surface area contributed by atoms with Crippen LogP contribution in [0, 0.1) is 0 Å². The molecule has 2 unspecified atom stereocenters. The molecule has 0 spiro atoms. The van der Waals surface area contributed by atoms with Crippen molar-refractivity contribution in [1.82, 2.24) is 19.5 Å². The molecule has 0 aromatic carbocycles. The van der Waals surface area contributed by atoms with Crippen molar-refractivity contribution in [2.45, 2.75) is 24.9 Å². The molecule has 3 heterocycles. The van der Waals surface area contributed by atoms with Gasteiger partial charge in [0.05, 0.1) is 12.4 Å². The maximum atomic E-state index is 10.8. The SMILES string of the molecule is CSSCOC1C[C@H](n2cnc3c(N)ncnc32)O[C@@H]1CO[P+](=O)O. The molecular weight excluding hydrogens is 389 g/mol. The molecule has 0 saturated carbocycles. The van der Waals surface area contributed by atoms with Crippen LogP contribution in [0.1, 0.15) is 12.6 Å². The van der Waals surface area contributed by atoms with E-state index in [4.69, 9.17) is 24.6 Å². The van der Waals surface area contributed by atoms with Crippen molar-refractivity contribution in [3.63, 3.8) is 0 Å². The lowest BCUT2D eigenvalue weighted by atomic mass is 10.2. The number of nitrogen functional groups attached to an aromatic ring is 1. The lowest BCUT2D eigenvalue weighted by Crippen LogP contribution is -2.28. The van der Waals surface area contributed by atoms with Gasteiger partial charge in [-0.1, -0.05) is 21.6 Å². The summed E-state index contributed by atoms with van der Waals surface area (Å²) in [6.07, 6.45) is 4.29. The van der Waals surface area contributed by atoms with Gasteiger partial charge in [-0.15, -0.1) is 9.42 Å². The fraction of sp³-hybridized carbons (Fsp3) is 0.583. The minimum Gasteiger partial charge on any atom is -0.382 e. The highest BCUT2D eigenvalue weighted by atomic mass is 33.1. The first-order valence-corrected chi connectivity index (χ1v) is 11.1. The van der Waals surface area contributed by atoms with E-state index in [0.717, 1.165) is 0 Å². The number of aromatic nitrogens is 4. The average Bonchev–Trinajstić information content (AvgIpc) is 3.18. The number of hydrogen-bond acceptors (Lipinski definition) is 10. The quantitative estimate of drug-likeness (QED) is 0.287. The Balaban J connectivity index is 1.77. The summed E-state index contributed by atoms with van der Waals surface area (Å²) in [6.45, 7) is -0.0411. The first-order chi connectivity index (χ1) is 12.1. The molecule has 0 bridgehead atoms. The minimum atomic E-state index is -2.69. The Hall–Kier alpha value is -1.01. The van der Waals surface area contributed by atoms with Crippen LogP contribution in [-0.2, 0) is 18.6 Å². The Morgan fingerprint density at radius 1 is 1.52 bits per heavy atom. The molecule has 1 saturated heterocycles. The van der Waals surface area contributed by atoms with Crippen LogP contribution in [0.4, 0.5) is 5.82 Å². The number of fused-ring (bicyclic) bond motifs is 1. The van der Waals surface area contributed by atoms with E-state index in [-0.39, 0.29) is 12.7 Å². The van der Waals surface area contributed by atoms with Crippen molar-refractivity contribution in [1.29, 1.82) is 0 Å². The molecule has 25 heavy (non-hydrogen) atoms. The highest BCUT2D eigenvalue weighted by Crippen LogP contribution is 2.35. The zero-order chi connectivity index (χ0) is 17.8. The summed E-state index contributed by atoms with van der Waals surface area (Å²) < 4.78 is 29.2. The topological polar surface area (TPSA) is 135 Å². The van der Waals surface area contributed by atoms with E-state index in [1.165, 1.54) is 6.33 Å².